The Morgan fingerprint density at radius 3 is 2.54 bits per heavy atom. The van der Waals surface area contributed by atoms with E-state index in [0.717, 1.165) is 0 Å². The molecule has 1 unspecified atom stereocenters. The SMILES string of the molecule is OC(CCl)c1cc(Cl)cc(Cl)c1F. The Bertz CT molecular complexity index is 317. The van der Waals surface area contributed by atoms with Gasteiger partial charge in [-0.15, -0.1) is 11.6 Å². The standard InChI is InChI=1S/C8H6Cl3FO/c9-3-7(13)5-1-4(10)2-6(11)8(5)12/h1-2,7,13H,3H2. The average Bonchev–Trinajstić information content (AvgIpc) is 2.10. The normalized spacial score (nSPS) is 13.0. The Hall–Kier alpha value is -0.0200. The predicted octanol–water partition coefficient (Wildman–Crippen LogP) is 3.40. The van der Waals surface area contributed by atoms with E-state index < -0.39 is 11.9 Å². The van der Waals surface area contributed by atoms with Crippen LogP contribution >= 0.6 is 34.8 Å². The predicted molar refractivity (Wildman–Crippen MR) is 52.1 cm³/mol. The van der Waals surface area contributed by atoms with Gasteiger partial charge in [0.15, 0.2) is 0 Å². The summed E-state index contributed by atoms with van der Waals surface area (Å²) in [5, 5.41) is 9.42. The van der Waals surface area contributed by atoms with Gasteiger partial charge in [-0.1, -0.05) is 23.2 Å². The summed E-state index contributed by atoms with van der Waals surface area (Å²) in [6, 6.07) is 2.57. The maximum atomic E-state index is 13.2. The number of hydrogen-bond donors (Lipinski definition) is 1. The average molecular weight is 243 g/mol. The fourth-order valence-electron chi connectivity index (χ4n) is 0.901. The Balaban J connectivity index is 3.20. The quantitative estimate of drug-likeness (QED) is 0.623. The minimum atomic E-state index is -1.09. The topological polar surface area (TPSA) is 20.2 Å². The molecule has 13 heavy (non-hydrogen) atoms. The second kappa shape index (κ2) is 4.47. The molecular weight excluding hydrogens is 237 g/mol. The summed E-state index contributed by atoms with van der Waals surface area (Å²) in [6.45, 7) is 0. The lowest BCUT2D eigenvalue weighted by Crippen LogP contribution is -2.02. The molecule has 0 aromatic heterocycles. The van der Waals surface area contributed by atoms with Crippen LogP contribution in [0, 0.1) is 5.82 Å². The first kappa shape index (κ1) is 11.1. The van der Waals surface area contributed by atoms with Crippen LogP contribution in [0.25, 0.3) is 0 Å². The molecule has 0 saturated heterocycles. The Kier molecular flexibility index (Phi) is 3.80. The minimum absolute atomic E-state index is 0.0208. The van der Waals surface area contributed by atoms with Crippen LogP contribution in [-0.4, -0.2) is 11.0 Å². The van der Waals surface area contributed by atoms with Crippen LogP contribution in [0.15, 0.2) is 12.1 Å². The van der Waals surface area contributed by atoms with E-state index in [1.165, 1.54) is 12.1 Å². The van der Waals surface area contributed by atoms with Crippen LogP contribution in [0.3, 0.4) is 0 Å². The van der Waals surface area contributed by atoms with Gasteiger partial charge in [-0.3, -0.25) is 0 Å². The molecule has 1 nitrogen and oxygen atoms in total. The number of aliphatic hydroxyl groups excluding tert-OH is 1. The molecule has 0 fully saturated rings. The molecule has 0 bridgehead atoms. The van der Waals surface area contributed by atoms with E-state index in [-0.39, 0.29) is 21.5 Å². The van der Waals surface area contributed by atoms with Gasteiger partial charge in [0.1, 0.15) is 5.82 Å². The van der Waals surface area contributed by atoms with E-state index in [9.17, 15) is 9.50 Å². The third-order valence-electron chi connectivity index (χ3n) is 1.53. The lowest BCUT2D eigenvalue weighted by Gasteiger charge is -2.09. The van der Waals surface area contributed by atoms with Crippen molar-refractivity contribution < 1.29 is 9.50 Å². The van der Waals surface area contributed by atoms with Gasteiger partial charge in [0, 0.05) is 10.6 Å². The van der Waals surface area contributed by atoms with Crippen molar-refractivity contribution in [3.05, 3.63) is 33.6 Å². The van der Waals surface area contributed by atoms with Crippen molar-refractivity contribution in [2.75, 3.05) is 5.88 Å². The molecule has 1 aromatic rings. The van der Waals surface area contributed by atoms with Gasteiger partial charge in [-0.25, -0.2) is 4.39 Å². The minimum Gasteiger partial charge on any atom is -0.387 e. The fourth-order valence-corrected chi connectivity index (χ4v) is 1.58. The first-order chi connectivity index (χ1) is 6.06. The third kappa shape index (κ3) is 2.47. The zero-order valence-electron chi connectivity index (χ0n) is 6.40. The fraction of sp³-hybridized carbons (Fsp3) is 0.250. The molecule has 0 aliphatic rings. The van der Waals surface area contributed by atoms with Crippen LogP contribution in [-0.2, 0) is 0 Å². The van der Waals surface area contributed by atoms with Crippen molar-refractivity contribution in [3.8, 4) is 0 Å². The smallest absolute Gasteiger partial charge is 0.147 e. The van der Waals surface area contributed by atoms with Gasteiger partial charge in [-0.2, -0.15) is 0 Å². The molecule has 0 heterocycles. The van der Waals surface area contributed by atoms with Crippen molar-refractivity contribution in [2.45, 2.75) is 6.10 Å². The molecule has 1 N–H and O–H groups in total. The molecular formula is C8H6Cl3FO. The molecule has 5 heteroatoms. The van der Waals surface area contributed by atoms with Gasteiger partial charge in [0.25, 0.3) is 0 Å². The lowest BCUT2D eigenvalue weighted by molar-refractivity contribution is 0.197. The number of rotatable bonds is 2. The zero-order valence-corrected chi connectivity index (χ0v) is 8.67. The number of hydrogen-bond acceptors (Lipinski definition) is 1. The zero-order chi connectivity index (χ0) is 10.0. The molecule has 1 rings (SSSR count). The number of benzene rings is 1. The Morgan fingerprint density at radius 1 is 1.38 bits per heavy atom. The van der Waals surface area contributed by atoms with Crippen molar-refractivity contribution in [3.63, 3.8) is 0 Å². The Labute approximate surface area is 90.0 Å². The first-order valence-electron chi connectivity index (χ1n) is 3.44. The van der Waals surface area contributed by atoms with Crippen LogP contribution in [0.1, 0.15) is 11.7 Å². The van der Waals surface area contributed by atoms with E-state index in [1.54, 1.807) is 0 Å². The van der Waals surface area contributed by atoms with E-state index >= 15 is 0 Å². The summed E-state index contributed by atoms with van der Waals surface area (Å²) in [5.74, 6) is -0.785. The molecule has 0 radical (unpaired) electrons. The summed E-state index contributed by atoms with van der Waals surface area (Å²) in [7, 11) is 0. The van der Waals surface area contributed by atoms with E-state index in [1.807, 2.05) is 0 Å². The highest BCUT2D eigenvalue weighted by Crippen LogP contribution is 2.28. The largest absolute Gasteiger partial charge is 0.387 e. The van der Waals surface area contributed by atoms with Gasteiger partial charge in [0.05, 0.1) is 17.0 Å². The highest BCUT2D eigenvalue weighted by molar-refractivity contribution is 6.34. The van der Waals surface area contributed by atoms with E-state index in [0.29, 0.717) is 0 Å². The summed E-state index contributed by atoms with van der Waals surface area (Å²) in [5.41, 5.74) is 0.0208. The molecule has 0 aliphatic heterocycles. The molecule has 72 valence electrons. The first-order valence-corrected chi connectivity index (χ1v) is 4.73. The summed E-state index contributed by atoms with van der Waals surface area (Å²) in [4.78, 5) is 0. The van der Waals surface area contributed by atoms with Crippen LogP contribution in [0.5, 0.6) is 0 Å². The molecule has 0 spiro atoms. The van der Waals surface area contributed by atoms with Gasteiger partial charge >= 0.3 is 0 Å². The Morgan fingerprint density at radius 2 is 2.00 bits per heavy atom. The summed E-state index contributed by atoms with van der Waals surface area (Å²) < 4.78 is 13.2. The summed E-state index contributed by atoms with van der Waals surface area (Å²) in [6.07, 6.45) is -1.09. The van der Waals surface area contributed by atoms with Crippen LogP contribution in [0.2, 0.25) is 10.0 Å². The third-order valence-corrected chi connectivity index (χ3v) is 2.31. The second-order valence-corrected chi connectivity index (χ2v) is 3.61. The number of alkyl halides is 1. The van der Waals surface area contributed by atoms with Gasteiger partial charge in [-0.05, 0) is 12.1 Å². The van der Waals surface area contributed by atoms with Crippen molar-refractivity contribution in [1.82, 2.24) is 0 Å². The highest BCUT2D eigenvalue weighted by atomic mass is 35.5. The molecule has 0 aliphatic carbocycles. The van der Waals surface area contributed by atoms with E-state index in [2.05, 4.69) is 0 Å². The second-order valence-electron chi connectivity index (χ2n) is 2.46. The maximum Gasteiger partial charge on any atom is 0.147 e. The summed E-state index contributed by atoms with van der Waals surface area (Å²) >= 11 is 16.5. The van der Waals surface area contributed by atoms with Crippen molar-refractivity contribution >= 4 is 34.8 Å². The van der Waals surface area contributed by atoms with Crippen LogP contribution < -0.4 is 0 Å². The molecule has 1 atom stereocenters. The van der Waals surface area contributed by atoms with Crippen LogP contribution in [0.4, 0.5) is 4.39 Å². The van der Waals surface area contributed by atoms with Crippen molar-refractivity contribution in [2.24, 2.45) is 0 Å². The van der Waals surface area contributed by atoms with Crippen molar-refractivity contribution in [1.29, 1.82) is 0 Å². The maximum absolute atomic E-state index is 13.2. The number of halogens is 4. The number of aliphatic hydroxyl groups is 1. The molecule has 0 saturated carbocycles. The molecule has 0 amide bonds. The highest BCUT2D eigenvalue weighted by Gasteiger charge is 2.15. The molecule has 1 aromatic carbocycles. The van der Waals surface area contributed by atoms with Gasteiger partial charge < -0.3 is 5.11 Å². The lowest BCUT2D eigenvalue weighted by atomic mass is 10.1. The van der Waals surface area contributed by atoms with E-state index in [4.69, 9.17) is 34.8 Å². The van der Waals surface area contributed by atoms with Gasteiger partial charge in [0.2, 0.25) is 0 Å². The monoisotopic (exact) mass is 242 g/mol.